The number of methoxy groups -OCH3 is 1. The monoisotopic (exact) mass is 210 g/mol. The third kappa shape index (κ3) is 3.42. The van der Waals surface area contributed by atoms with Crippen molar-refractivity contribution >= 4 is 5.69 Å². The third-order valence-corrected chi connectivity index (χ3v) is 2.20. The summed E-state index contributed by atoms with van der Waals surface area (Å²) in [5.74, 6) is 0.868. The second-order valence-corrected chi connectivity index (χ2v) is 3.51. The van der Waals surface area contributed by atoms with Crippen molar-refractivity contribution in [1.29, 1.82) is 0 Å². The number of hydrogen-bond acceptors (Lipinski definition) is 4. The average molecular weight is 210 g/mol. The molecule has 0 aliphatic heterocycles. The van der Waals surface area contributed by atoms with Gasteiger partial charge in [0.05, 0.1) is 13.7 Å². The number of aliphatic hydroxyl groups excluding tert-OH is 1. The number of aliphatic hydroxyl groups is 1. The molecule has 0 amide bonds. The molecule has 0 aromatic heterocycles. The fourth-order valence-electron chi connectivity index (χ4n) is 1.30. The molecule has 0 aliphatic rings. The van der Waals surface area contributed by atoms with Gasteiger partial charge in [-0.3, -0.25) is 0 Å². The predicted molar refractivity (Wildman–Crippen MR) is 61.3 cm³/mol. The molecule has 84 valence electrons. The largest absolute Gasteiger partial charge is 0.496 e. The van der Waals surface area contributed by atoms with Gasteiger partial charge >= 0.3 is 0 Å². The van der Waals surface area contributed by atoms with E-state index < -0.39 is 0 Å². The van der Waals surface area contributed by atoms with Crippen molar-refractivity contribution in [2.45, 2.75) is 13.0 Å². The van der Waals surface area contributed by atoms with E-state index >= 15 is 0 Å². The molecule has 4 nitrogen and oxygen atoms in total. The Morgan fingerprint density at radius 1 is 1.53 bits per heavy atom. The van der Waals surface area contributed by atoms with Crippen LogP contribution in [0.1, 0.15) is 5.56 Å². The van der Waals surface area contributed by atoms with Gasteiger partial charge in [-0.15, -0.1) is 0 Å². The van der Waals surface area contributed by atoms with Crippen LogP contribution >= 0.6 is 0 Å². The summed E-state index contributed by atoms with van der Waals surface area (Å²) >= 11 is 0. The highest BCUT2D eigenvalue weighted by Crippen LogP contribution is 2.21. The second-order valence-electron chi connectivity index (χ2n) is 3.51. The topological polar surface area (TPSA) is 67.5 Å². The highest BCUT2D eigenvalue weighted by molar-refractivity contribution is 5.50. The fourth-order valence-corrected chi connectivity index (χ4v) is 1.30. The van der Waals surface area contributed by atoms with E-state index in [4.69, 9.17) is 15.6 Å². The number of aryl methyl sites for hydroxylation is 1. The van der Waals surface area contributed by atoms with Gasteiger partial charge in [0, 0.05) is 18.3 Å². The van der Waals surface area contributed by atoms with E-state index in [0.29, 0.717) is 6.54 Å². The molecule has 1 unspecified atom stereocenters. The van der Waals surface area contributed by atoms with E-state index in [0.717, 1.165) is 17.0 Å². The quantitative estimate of drug-likeness (QED) is 0.670. The molecule has 1 aromatic carbocycles. The molecule has 0 saturated heterocycles. The number of nitrogens with two attached hydrogens (primary N) is 1. The molecule has 0 fully saturated rings. The van der Waals surface area contributed by atoms with Crippen LogP contribution in [0.15, 0.2) is 18.2 Å². The molecule has 0 heterocycles. The summed E-state index contributed by atoms with van der Waals surface area (Å²) in [6.07, 6.45) is 0. The molecular weight excluding hydrogens is 192 g/mol. The summed E-state index contributed by atoms with van der Waals surface area (Å²) in [7, 11) is 1.65. The molecular formula is C11H18N2O2. The summed E-state index contributed by atoms with van der Waals surface area (Å²) in [6, 6.07) is 5.59. The molecule has 0 spiro atoms. The molecule has 0 radical (unpaired) electrons. The van der Waals surface area contributed by atoms with E-state index in [1.807, 2.05) is 25.1 Å². The molecule has 15 heavy (non-hydrogen) atoms. The second kappa shape index (κ2) is 5.58. The summed E-state index contributed by atoms with van der Waals surface area (Å²) in [6.45, 7) is 2.53. The van der Waals surface area contributed by atoms with Gasteiger partial charge in [0.15, 0.2) is 0 Å². The minimum absolute atomic E-state index is 0.0118. The van der Waals surface area contributed by atoms with Gasteiger partial charge in [-0.05, 0) is 30.7 Å². The highest BCUT2D eigenvalue weighted by atomic mass is 16.5. The number of ether oxygens (including phenoxy) is 1. The van der Waals surface area contributed by atoms with Crippen LogP contribution < -0.4 is 15.8 Å². The molecule has 4 heteroatoms. The number of hydrogen-bond donors (Lipinski definition) is 3. The van der Waals surface area contributed by atoms with Gasteiger partial charge in [0.2, 0.25) is 0 Å². The maximum absolute atomic E-state index is 8.76. The zero-order valence-electron chi connectivity index (χ0n) is 9.16. The molecule has 1 rings (SSSR count). The lowest BCUT2D eigenvalue weighted by molar-refractivity contribution is 0.270. The standard InChI is InChI=1S/C11H18N2O2/c1-8-5-10(3-4-11(8)15-2)13-6-9(12)7-14/h3-5,9,13-14H,6-7,12H2,1-2H3. The van der Waals surface area contributed by atoms with Gasteiger partial charge in [-0.1, -0.05) is 0 Å². The molecule has 0 bridgehead atoms. The van der Waals surface area contributed by atoms with Gasteiger partial charge < -0.3 is 20.9 Å². The van der Waals surface area contributed by atoms with E-state index in [-0.39, 0.29) is 12.6 Å². The van der Waals surface area contributed by atoms with Gasteiger partial charge in [0.1, 0.15) is 5.75 Å². The Morgan fingerprint density at radius 3 is 2.80 bits per heavy atom. The highest BCUT2D eigenvalue weighted by Gasteiger charge is 2.02. The predicted octanol–water partition coefficient (Wildman–Crippen LogP) is 0.735. The lowest BCUT2D eigenvalue weighted by Crippen LogP contribution is -2.32. The normalized spacial score (nSPS) is 12.3. The van der Waals surface area contributed by atoms with Gasteiger partial charge in [0.25, 0.3) is 0 Å². The van der Waals surface area contributed by atoms with Gasteiger partial charge in [-0.25, -0.2) is 0 Å². The summed E-state index contributed by atoms with van der Waals surface area (Å²) in [5.41, 5.74) is 7.63. The van der Waals surface area contributed by atoms with Crippen LogP contribution in [0.2, 0.25) is 0 Å². The molecule has 0 saturated carbocycles. The first-order valence-corrected chi connectivity index (χ1v) is 4.92. The smallest absolute Gasteiger partial charge is 0.121 e. The average Bonchev–Trinajstić information content (AvgIpc) is 2.26. The van der Waals surface area contributed by atoms with Crippen molar-refractivity contribution in [3.8, 4) is 5.75 Å². The minimum Gasteiger partial charge on any atom is -0.496 e. The Labute approximate surface area is 90.1 Å². The van der Waals surface area contributed by atoms with Crippen LogP contribution in [0.5, 0.6) is 5.75 Å². The van der Waals surface area contributed by atoms with Crippen molar-refractivity contribution in [3.63, 3.8) is 0 Å². The number of nitrogens with one attached hydrogen (secondary N) is 1. The lowest BCUT2D eigenvalue weighted by Gasteiger charge is -2.12. The SMILES string of the molecule is COc1ccc(NCC(N)CO)cc1C. The van der Waals surface area contributed by atoms with Gasteiger partial charge in [-0.2, -0.15) is 0 Å². The first kappa shape index (κ1) is 11.8. The van der Waals surface area contributed by atoms with Crippen molar-refractivity contribution < 1.29 is 9.84 Å². The zero-order chi connectivity index (χ0) is 11.3. The fraction of sp³-hybridized carbons (Fsp3) is 0.455. The number of benzene rings is 1. The summed E-state index contributed by atoms with van der Waals surface area (Å²) < 4.78 is 5.15. The Hall–Kier alpha value is -1.26. The first-order chi connectivity index (χ1) is 7.17. The van der Waals surface area contributed by atoms with Crippen LogP contribution in [0.4, 0.5) is 5.69 Å². The Balaban J connectivity index is 2.59. The van der Waals surface area contributed by atoms with Crippen LogP contribution in [0.25, 0.3) is 0 Å². The Bertz CT molecular complexity index is 315. The van der Waals surface area contributed by atoms with E-state index in [1.165, 1.54) is 0 Å². The molecule has 1 aromatic rings. The van der Waals surface area contributed by atoms with Crippen LogP contribution in [-0.4, -0.2) is 31.4 Å². The van der Waals surface area contributed by atoms with Crippen molar-refractivity contribution in [1.82, 2.24) is 0 Å². The number of rotatable bonds is 5. The lowest BCUT2D eigenvalue weighted by atomic mass is 10.2. The van der Waals surface area contributed by atoms with E-state index in [9.17, 15) is 0 Å². The van der Waals surface area contributed by atoms with Crippen molar-refractivity contribution in [2.24, 2.45) is 5.73 Å². The Morgan fingerprint density at radius 2 is 2.27 bits per heavy atom. The maximum atomic E-state index is 8.76. The summed E-state index contributed by atoms with van der Waals surface area (Å²) in [5, 5.41) is 11.9. The van der Waals surface area contributed by atoms with Crippen molar-refractivity contribution in [3.05, 3.63) is 23.8 Å². The molecule has 4 N–H and O–H groups in total. The third-order valence-electron chi connectivity index (χ3n) is 2.20. The minimum atomic E-state index is -0.229. The van der Waals surface area contributed by atoms with E-state index in [2.05, 4.69) is 5.32 Å². The number of anilines is 1. The summed E-state index contributed by atoms with van der Waals surface area (Å²) in [4.78, 5) is 0. The van der Waals surface area contributed by atoms with Crippen LogP contribution in [0.3, 0.4) is 0 Å². The first-order valence-electron chi connectivity index (χ1n) is 4.92. The molecule has 1 atom stereocenters. The Kier molecular flexibility index (Phi) is 4.39. The van der Waals surface area contributed by atoms with Crippen molar-refractivity contribution in [2.75, 3.05) is 25.6 Å². The van der Waals surface area contributed by atoms with Crippen LogP contribution in [-0.2, 0) is 0 Å². The van der Waals surface area contributed by atoms with E-state index in [1.54, 1.807) is 7.11 Å². The maximum Gasteiger partial charge on any atom is 0.121 e. The zero-order valence-corrected chi connectivity index (χ0v) is 9.16. The van der Waals surface area contributed by atoms with Crippen LogP contribution in [0, 0.1) is 6.92 Å². The molecule has 0 aliphatic carbocycles.